The molecule has 0 unspecified atom stereocenters. The minimum atomic E-state index is -0.325. The largest absolute Gasteiger partial charge is 0.390 e. The highest BCUT2D eigenvalue weighted by Crippen LogP contribution is 2.21. The Kier molecular flexibility index (Phi) is 2.83. The van der Waals surface area contributed by atoms with Crippen molar-refractivity contribution in [3.05, 3.63) is 46.4 Å². The number of aliphatic hydroxyl groups is 1. The van der Waals surface area contributed by atoms with E-state index in [0.717, 1.165) is 4.47 Å². The summed E-state index contributed by atoms with van der Waals surface area (Å²) in [7, 11) is 0. The van der Waals surface area contributed by atoms with Gasteiger partial charge in [0.1, 0.15) is 5.82 Å². The second-order valence-corrected chi connectivity index (χ2v) is 3.86. The average molecular weight is 271 g/mol. The van der Waals surface area contributed by atoms with Crippen LogP contribution in [0.4, 0.5) is 4.39 Å². The molecule has 1 N–H and O–H groups in total. The van der Waals surface area contributed by atoms with Crippen LogP contribution in [0.3, 0.4) is 0 Å². The van der Waals surface area contributed by atoms with Gasteiger partial charge in [0.05, 0.1) is 18.0 Å². The lowest BCUT2D eigenvalue weighted by Crippen LogP contribution is -1.98. The van der Waals surface area contributed by atoms with Gasteiger partial charge in [-0.2, -0.15) is 5.10 Å². The van der Waals surface area contributed by atoms with Crippen LogP contribution in [0.1, 0.15) is 5.69 Å². The first kappa shape index (κ1) is 10.3. The monoisotopic (exact) mass is 270 g/mol. The van der Waals surface area contributed by atoms with Gasteiger partial charge in [-0.15, -0.1) is 0 Å². The molecule has 0 radical (unpaired) electrons. The van der Waals surface area contributed by atoms with Gasteiger partial charge in [0, 0.05) is 16.7 Å². The molecule has 0 spiro atoms. The topological polar surface area (TPSA) is 38.0 Å². The molecule has 0 saturated heterocycles. The van der Waals surface area contributed by atoms with Crippen molar-refractivity contribution < 1.29 is 9.50 Å². The van der Waals surface area contributed by atoms with Gasteiger partial charge in [-0.3, -0.25) is 0 Å². The predicted molar refractivity (Wildman–Crippen MR) is 57.1 cm³/mol. The van der Waals surface area contributed by atoms with E-state index in [-0.39, 0.29) is 12.4 Å². The molecule has 0 amide bonds. The fourth-order valence-electron chi connectivity index (χ4n) is 1.24. The van der Waals surface area contributed by atoms with E-state index in [4.69, 9.17) is 5.11 Å². The van der Waals surface area contributed by atoms with Gasteiger partial charge in [-0.05, 0) is 34.1 Å². The van der Waals surface area contributed by atoms with Crippen molar-refractivity contribution in [1.29, 1.82) is 0 Å². The SMILES string of the molecule is OCc1ccn(-c2cc(F)ccc2Br)n1. The lowest BCUT2D eigenvalue weighted by atomic mass is 10.3. The Hall–Kier alpha value is -1.20. The van der Waals surface area contributed by atoms with E-state index in [9.17, 15) is 4.39 Å². The lowest BCUT2D eigenvalue weighted by molar-refractivity contribution is 0.276. The highest BCUT2D eigenvalue weighted by atomic mass is 79.9. The first-order chi connectivity index (χ1) is 7.20. The third-order valence-electron chi connectivity index (χ3n) is 1.96. The van der Waals surface area contributed by atoms with Gasteiger partial charge < -0.3 is 5.11 Å². The molecular formula is C10H8BrFN2O. The van der Waals surface area contributed by atoms with Crippen LogP contribution < -0.4 is 0 Å². The molecule has 0 fully saturated rings. The molecule has 78 valence electrons. The van der Waals surface area contributed by atoms with E-state index in [2.05, 4.69) is 21.0 Å². The second-order valence-electron chi connectivity index (χ2n) is 3.01. The highest BCUT2D eigenvalue weighted by Gasteiger charge is 2.05. The molecule has 15 heavy (non-hydrogen) atoms. The number of rotatable bonds is 2. The number of benzene rings is 1. The minimum absolute atomic E-state index is 0.125. The molecule has 0 atom stereocenters. The van der Waals surface area contributed by atoms with Gasteiger partial charge >= 0.3 is 0 Å². The van der Waals surface area contributed by atoms with E-state index in [1.54, 1.807) is 18.3 Å². The van der Waals surface area contributed by atoms with Crippen LogP contribution in [0.15, 0.2) is 34.9 Å². The molecule has 2 aromatic rings. The Morgan fingerprint density at radius 1 is 1.40 bits per heavy atom. The fraction of sp³-hybridized carbons (Fsp3) is 0.100. The zero-order chi connectivity index (χ0) is 10.8. The maximum absolute atomic E-state index is 13.0. The number of nitrogens with zero attached hydrogens (tertiary/aromatic N) is 2. The number of hydrogen-bond acceptors (Lipinski definition) is 2. The average Bonchev–Trinajstić information content (AvgIpc) is 2.70. The van der Waals surface area contributed by atoms with E-state index >= 15 is 0 Å². The Morgan fingerprint density at radius 3 is 2.87 bits per heavy atom. The maximum atomic E-state index is 13.0. The summed E-state index contributed by atoms with van der Waals surface area (Å²) < 4.78 is 15.3. The summed E-state index contributed by atoms with van der Waals surface area (Å²) in [5.74, 6) is -0.325. The van der Waals surface area contributed by atoms with E-state index < -0.39 is 0 Å². The van der Waals surface area contributed by atoms with Gasteiger partial charge in [0.2, 0.25) is 0 Å². The Labute approximate surface area is 94.3 Å². The maximum Gasteiger partial charge on any atom is 0.125 e. The van der Waals surface area contributed by atoms with Crippen molar-refractivity contribution in [2.45, 2.75) is 6.61 Å². The van der Waals surface area contributed by atoms with Gasteiger partial charge in [-0.1, -0.05) is 0 Å². The van der Waals surface area contributed by atoms with Crippen LogP contribution in [0.25, 0.3) is 5.69 Å². The lowest BCUT2D eigenvalue weighted by Gasteiger charge is -2.04. The quantitative estimate of drug-likeness (QED) is 0.909. The molecule has 3 nitrogen and oxygen atoms in total. The third kappa shape index (κ3) is 2.08. The molecule has 0 bridgehead atoms. The molecule has 0 aliphatic rings. The molecule has 0 aliphatic heterocycles. The standard InChI is InChI=1S/C10H8BrFN2O/c11-9-2-1-7(12)5-10(9)14-4-3-8(6-15)13-14/h1-5,15H,6H2. The van der Waals surface area contributed by atoms with E-state index in [1.807, 2.05) is 0 Å². The summed E-state index contributed by atoms with van der Waals surface area (Å²) >= 11 is 3.31. The Balaban J connectivity index is 2.48. The van der Waals surface area contributed by atoms with Gasteiger partial charge in [-0.25, -0.2) is 9.07 Å². The summed E-state index contributed by atoms with van der Waals surface area (Å²) in [6.45, 7) is -0.125. The van der Waals surface area contributed by atoms with Gasteiger partial charge in [0.15, 0.2) is 0 Å². The van der Waals surface area contributed by atoms with Crippen molar-refractivity contribution in [2.24, 2.45) is 0 Å². The molecule has 1 heterocycles. The number of hydrogen-bond donors (Lipinski definition) is 1. The molecule has 5 heteroatoms. The number of aliphatic hydroxyl groups excluding tert-OH is 1. The molecule has 1 aromatic carbocycles. The van der Waals surface area contributed by atoms with Crippen LogP contribution in [-0.2, 0) is 6.61 Å². The van der Waals surface area contributed by atoms with Crippen molar-refractivity contribution in [1.82, 2.24) is 9.78 Å². The molecule has 0 aliphatic carbocycles. The minimum Gasteiger partial charge on any atom is -0.390 e. The van der Waals surface area contributed by atoms with Crippen molar-refractivity contribution in [2.75, 3.05) is 0 Å². The van der Waals surface area contributed by atoms with Gasteiger partial charge in [0.25, 0.3) is 0 Å². The van der Waals surface area contributed by atoms with E-state index in [1.165, 1.54) is 16.8 Å². The Morgan fingerprint density at radius 2 is 2.20 bits per heavy atom. The summed E-state index contributed by atoms with van der Waals surface area (Å²) in [6, 6.07) is 6.03. The van der Waals surface area contributed by atoms with Crippen LogP contribution in [0.5, 0.6) is 0 Å². The first-order valence-electron chi connectivity index (χ1n) is 4.31. The summed E-state index contributed by atoms with van der Waals surface area (Å²) in [6.07, 6.45) is 1.67. The molecule has 0 saturated carbocycles. The number of halogens is 2. The van der Waals surface area contributed by atoms with Crippen LogP contribution in [0.2, 0.25) is 0 Å². The second kappa shape index (κ2) is 4.12. The Bertz CT molecular complexity index is 484. The molecule has 1 aromatic heterocycles. The first-order valence-corrected chi connectivity index (χ1v) is 5.11. The van der Waals surface area contributed by atoms with Crippen LogP contribution >= 0.6 is 15.9 Å². The van der Waals surface area contributed by atoms with Crippen LogP contribution in [-0.4, -0.2) is 14.9 Å². The van der Waals surface area contributed by atoms with Crippen molar-refractivity contribution in [3.8, 4) is 5.69 Å². The summed E-state index contributed by atoms with van der Waals surface area (Å²) in [4.78, 5) is 0. The zero-order valence-corrected chi connectivity index (χ0v) is 9.28. The molecule has 2 rings (SSSR count). The van der Waals surface area contributed by atoms with Crippen molar-refractivity contribution >= 4 is 15.9 Å². The van der Waals surface area contributed by atoms with E-state index in [0.29, 0.717) is 11.4 Å². The fourth-order valence-corrected chi connectivity index (χ4v) is 1.67. The molecular weight excluding hydrogens is 263 g/mol. The normalized spacial score (nSPS) is 10.6. The summed E-state index contributed by atoms with van der Waals surface area (Å²) in [5, 5.41) is 12.9. The zero-order valence-electron chi connectivity index (χ0n) is 7.69. The summed E-state index contributed by atoms with van der Waals surface area (Å²) in [5.41, 5.74) is 1.15. The smallest absolute Gasteiger partial charge is 0.125 e. The van der Waals surface area contributed by atoms with Crippen molar-refractivity contribution in [3.63, 3.8) is 0 Å². The highest BCUT2D eigenvalue weighted by molar-refractivity contribution is 9.10. The number of aromatic nitrogens is 2. The van der Waals surface area contributed by atoms with Crippen LogP contribution in [0, 0.1) is 5.82 Å². The predicted octanol–water partition coefficient (Wildman–Crippen LogP) is 2.27. The third-order valence-corrected chi connectivity index (χ3v) is 2.63.